The maximum atomic E-state index is 9.83. The van der Waals surface area contributed by atoms with Crippen molar-refractivity contribution in [1.29, 1.82) is 0 Å². The minimum atomic E-state index is -1.31. The van der Waals surface area contributed by atoms with Crippen molar-refractivity contribution in [3.05, 3.63) is 0 Å². The molecule has 29 heavy (non-hydrogen) atoms. The van der Waals surface area contributed by atoms with E-state index in [0.717, 1.165) is 0 Å². The molecule has 0 aliphatic carbocycles. The molecule has 13 heteroatoms. The van der Waals surface area contributed by atoms with Crippen molar-refractivity contribution in [2.75, 3.05) is 0 Å². The monoisotopic (exact) mass is 544 g/mol. The van der Waals surface area contributed by atoms with Gasteiger partial charge in [0.2, 0.25) is 0 Å². The predicted octanol–water partition coefficient (Wildman–Crippen LogP) is -5.14. The molecule has 0 N–H and O–H groups in total. The number of carbonyl (C=O) groups excluding carboxylic acids is 8. The molecule has 0 amide bonds. The van der Waals surface area contributed by atoms with Crippen molar-refractivity contribution in [3.63, 3.8) is 0 Å². The fourth-order valence-corrected chi connectivity index (χ4v) is 0.813. The third-order valence-electron chi connectivity index (χ3n) is 1.57. The van der Waals surface area contributed by atoms with Gasteiger partial charge < -0.3 is 39.6 Å². The van der Waals surface area contributed by atoms with Gasteiger partial charge in [-0.25, -0.2) is 0 Å². The van der Waals surface area contributed by atoms with Crippen LogP contribution >= 0.6 is 0 Å². The first-order chi connectivity index (χ1) is 12.5. The Balaban J connectivity index is -0.0000000873. The van der Waals surface area contributed by atoms with Gasteiger partial charge in [0.25, 0.3) is 0 Å². The summed E-state index contributed by atoms with van der Waals surface area (Å²) in [5, 5.41) is 37.9. The van der Waals surface area contributed by atoms with Crippen LogP contribution in [-0.2, 0) is 38.4 Å². The number of aliphatic carboxylic acids is 4. The zero-order valence-corrected chi connectivity index (χ0v) is 19.4. The average Bonchev–Trinajstić information content (AvgIpc) is 2.32. The fraction of sp³-hybridized carbons (Fsp3) is 0.500. The molecular weight excluding hydrogens is 524 g/mol. The van der Waals surface area contributed by atoms with E-state index in [1.165, 1.54) is 27.7 Å². The van der Waals surface area contributed by atoms with E-state index in [0.29, 0.717) is 0 Å². The molecule has 0 aromatic rings. The second kappa shape index (κ2) is 24.0. The summed E-state index contributed by atoms with van der Waals surface area (Å²) in [6.45, 7) is 4.82. The second-order valence-electron chi connectivity index (χ2n) is 5.00. The number of carbonyl (C=O) groups is 8. The summed E-state index contributed by atoms with van der Waals surface area (Å²) in [5.74, 6) is -6.75. The molecule has 0 unspecified atom stereocenters. The van der Waals surface area contributed by atoms with Crippen LogP contribution in [0.2, 0.25) is 0 Å². The smallest absolute Gasteiger partial charge is 0.550 e. The summed E-state index contributed by atoms with van der Waals surface area (Å²) in [4.78, 5) is 77.2. The quantitative estimate of drug-likeness (QED) is 0.261. The van der Waals surface area contributed by atoms with Crippen LogP contribution < -0.4 is 20.4 Å². The Morgan fingerprint density at radius 3 is 0.517 bits per heavy atom. The van der Waals surface area contributed by atoms with Gasteiger partial charge in [-0.05, 0) is 27.7 Å². The maximum Gasteiger partial charge on any atom is 4.00 e. The average molecular weight is 544 g/mol. The molecular formula is C16H20CeO12. The number of carboxylic acid groups (broad SMARTS) is 4. The summed E-state index contributed by atoms with van der Waals surface area (Å²) < 4.78 is 0. The van der Waals surface area contributed by atoms with Gasteiger partial charge in [-0.3, -0.25) is 19.2 Å². The van der Waals surface area contributed by atoms with Crippen molar-refractivity contribution in [1.82, 2.24) is 0 Å². The molecule has 0 radical (unpaired) electrons. The van der Waals surface area contributed by atoms with Crippen LogP contribution in [0, 0.1) is 41.7 Å². The standard InChI is InChI=1S/4C4H6O3.Ce/c4*1-3(5)2-4(6)7;/h4*2H2,1H3,(H,6,7);/q;;;;+4/p-4. The number of Topliss-reactive ketones (excluding diaryl/α,β-unsaturated/α-hetero) is 4. The number of hydrogen-bond donors (Lipinski definition) is 0. The molecule has 0 atom stereocenters. The summed E-state index contributed by atoms with van der Waals surface area (Å²) >= 11 is 0. The Morgan fingerprint density at radius 1 is 0.414 bits per heavy atom. The molecule has 0 fully saturated rings. The summed E-state index contributed by atoms with van der Waals surface area (Å²) in [6, 6.07) is 0. The van der Waals surface area contributed by atoms with E-state index < -0.39 is 49.6 Å². The number of carboxylic acids is 4. The molecule has 12 nitrogen and oxygen atoms in total. The largest absolute Gasteiger partial charge is 4.00 e. The molecule has 0 aromatic carbocycles. The zero-order valence-electron chi connectivity index (χ0n) is 16.2. The molecule has 0 spiro atoms. The number of rotatable bonds is 8. The SMILES string of the molecule is CC(=O)CC(=O)[O-].CC(=O)CC(=O)[O-].CC(=O)CC(=O)[O-].CC(=O)CC(=O)[O-].[Ce+4]. The van der Waals surface area contributed by atoms with Crippen molar-refractivity contribution in [2.24, 2.45) is 0 Å². The van der Waals surface area contributed by atoms with E-state index >= 15 is 0 Å². The van der Waals surface area contributed by atoms with Crippen molar-refractivity contribution >= 4 is 47.0 Å². The van der Waals surface area contributed by atoms with E-state index in [1.807, 2.05) is 0 Å². The van der Waals surface area contributed by atoms with Crippen LogP contribution in [0.3, 0.4) is 0 Å². The second-order valence-corrected chi connectivity index (χ2v) is 5.00. The molecule has 0 aromatic heterocycles. The van der Waals surface area contributed by atoms with Crippen LogP contribution in [0.5, 0.6) is 0 Å². The van der Waals surface area contributed by atoms with Crippen molar-refractivity contribution in [3.8, 4) is 0 Å². The minimum Gasteiger partial charge on any atom is -0.550 e. The van der Waals surface area contributed by atoms with Crippen molar-refractivity contribution in [2.45, 2.75) is 53.4 Å². The van der Waals surface area contributed by atoms with E-state index in [9.17, 15) is 58.8 Å². The van der Waals surface area contributed by atoms with Crippen LogP contribution in [0.25, 0.3) is 0 Å². The van der Waals surface area contributed by atoms with Gasteiger partial charge >= 0.3 is 41.7 Å². The molecule has 0 saturated carbocycles. The van der Waals surface area contributed by atoms with E-state index in [1.54, 1.807) is 0 Å². The third kappa shape index (κ3) is 76.5. The van der Waals surface area contributed by atoms with E-state index in [4.69, 9.17) is 0 Å². The molecule has 0 rings (SSSR count). The van der Waals surface area contributed by atoms with Crippen LogP contribution in [0.15, 0.2) is 0 Å². The number of hydrogen-bond acceptors (Lipinski definition) is 12. The maximum absolute atomic E-state index is 9.83. The Kier molecular flexibility index (Phi) is 31.1. The first-order valence-electron chi connectivity index (χ1n) is 7.28. The summed E-state index contributed by atoms with van der Waals surface area (Å²) in [7, 11) is 0. The van der Waals surface area contributed by atoms with Gasteiger partial charge in [-0.15, -0.1) is 0 Å². The van der Waals surface area contributed by atoms with Crippen LogP contribution in [-0.4, -0.2) is 47.0 Å². The summed E-state index contributed by atoms with van der Waals surface area (Å²) in [6.07, 6.45) is -1.89. The Morgan fingerprint density at radius 2 is 0.517 bits per heavy atom. The fourth-order valence-electron chi connectivity index (χ4n) is 0.813. The molecule has 0 saturated heterocycles. The van der Waals surface area contributed by atoms with Gasteiger partial charge in [0, 0.05) is 49.6 Å². The topological polar surface area (TPSA) is 229 Å². The third-order valence-corrected chi connectivity index (χ3v) is 1.57. The molecule has 0 heterocycles. The van der Waals surface area contributed by atoms with Gasteiger partial charge in [-0.2, -0.15) is 0 Å². The normalized spacial score (nSPS) is 7.86. The van der Waals surface area contributed by atoms with Gasteiger partial charge in [-0.1, -0.05) is 0 Å². The first kappa shape index (κ1) is 37.7. The van der Waals surface area contributed by atoms with E-state index in [-0.39, 0.29) is 64.9 Å². The van der Waals surface area contributed by atoms with Crippen molar-refractivity contribution < 1.29 is 101 Å². The summed E-state index contributed by atoms with van der Waals surface area (Å²) in [5.41, 5.74) is 0. The van der Waals surface area contributed by atoms with Gasteiger partial charge in [0.05, 0.1) is 0 Å². The van der Waals surface area contributed by atoms with Gasteiger partial charge in [0.1, 0.15) is 23.1 Å². The molecule has 0 bridgehead atoms. The Bertz CT molecular complexity index is 443. The zero-order chi connectivity index (χ0) is 23.4. The Labute approximate surface area is 200 Å². The predicted molar refractivity (Wildman–Crippen MR) is 81.2 cm³/mol. The van der Waals surface area contributed by atoms with Crippen LogP contribution in [0.1, 0.15) is 53.4 Å². The molecule has 160 valence electrons. The van der Waals surface area contributed by atoms with Crippen LogP contribution in [0.4, 0.5) is 0 Å². The first-order valence-corrected chi connectivity index (χ1v) is 7.28. The molecule has 0 aliphatic rings. The minimum absolute atomic E-state index is 0. The Hall–Kier alpha value is -2.06. The van der Waals surface area contributed by atoms with E-state index in [2.05, 4.69) is 0 Å². The van der Waals surface area contributed by atoms with Gasteiger partial charge in [0.15, 0.2) is 0 Å². The molecule has 0 aliphatic heterocycles. The number of ketones is 4.